The topological polar surface area (TPSA) is 160 Å². The summed E-state index contributed by atoms with van der Waals surface area (Å²) < 4.78 is 95.4. The number of nitrogens with one attached hydrogen (secondary N) is 3. The Kier molecular flexibility index (Phi) is 12.5. The maximum atomic E-state index is 14.7. The maximum absolute atomic E-state index is 14.7. The molecule has 3 atom stereocenters. The first-order valence-electron chi connectivity index (χ1n) is 19.9. The molecule has 2 amide bonds. The van der Waals surface area contributed by atoms with Crippen molar-refractivity contribution in [1.82, 2.24) is 40.4 Å². The van der Waals surface area contributed by atoms with Crippen LogP contribution in [0.25, 0.3) is 21.8 Å². The third-order valence-corrected chi connectivity index (χ3v) is 10.5. The number of carbonyl (C=O) groups is 3. The average molecular weight is 867 g/mol. The standard InChI is InChI=1S/C43H44F6N8O5/c1-41(2,3)62-29-20-36(57(22-29)39(59)32-23-56(35-13-7-5-11-31(32)35)15-9-8-14-37-52-54-55-53-37)38(58)51-34(18-26-21-50-33-12-6-4-10-30(26)33)40(60)61-24-25-16-27(42(44,45)46)19-28(17-25)43(47,48)49/h4-7,10-13,16-17,19,21,23,29,34,36,50H,8-9,14-15,18,20,22,24H2,1-3H3,(H,51,58)(H,52,53,54,55)/t29-,34+,36+/m1/s1. The fourth-order valence-corrected chi connectivity index (χ4v) is 7.81. The van der Waals surface area contributed by atoms with E-state index in [1.807, 2.05) is 49.6 Å². The molecule has 1 aliphatic heterocycles. The zero-order valence-corrected chi connectivity index (χ0v) is 33.9. The number of hydrogen-bond acceptors (Lipinski definition) is 8. The van der Waals surface area contributed by atoms with Gasteiger partial charge in [0.25, 0.3) is 5.91 Å². The van der Waals surface area contributed by atoms with Crippen LogP contribution in [0.3, 0.4) is 0 Å². The number of hydrogen-bond donors (Lipinski definition) is 3. The second-order valence-corrected chi connectivity index (χ2v) is 16.2. The number of aromatic nitrogens is 6. The Balaban J connectivity index is 1.16. The second-order valence-electron chi connectivity index (χ2n) is 16.2. The molecule has 62 heavy (non-hydrogen) atoms. The SMILES string of the molecule is CC(C)(C)O[C@@H]1C[C@@H](C(=O)N[C@@H](Cc2c[nH]c3ccccc23)C(=O)OCc2cc(C(F)(F)F)cc(C(F)(F)F)c2)N(C(=O)c2cn(CCCCc3nn[nH]n3)c3ccccc23)C1. The molecule has 6 aromatic rings. The van der Waals surface area contributed by atoms with Crippen molar-refractivity contribution in [1.29, 1.82) is 0 Å². The van der Waals surface area contributed by atoms with E-state index in [0.29, 0.717) is 58.3 Å². The van der Waals surface area contributed by atoms with Crippen LogP contribution in [0.15, 0.2) is 79.1 Å². The van der Waals surface area contributed by atoms with Crippen molar-refractivity contribution in [2.45, 2.75) is 102 Å². The van der Waals surface area contributed by atoms with Gasteiger partial charge in [0.15, 0.2) is 5.82 Å². The zero-order chi connectivity index (χ0) is 44.4. The minimum atomic E-state index is -5.11. The molecule has 19 heteroatoms. The summed E-state index contributed by atoms with van der Waals surface area (Å²) in [7, 11) is 0. The number of rotatable bonds is 14. The number of tetrazole rings is 1. The molecule has 328 valence electrons. The fourth-order valence-electron chi connectivity index (χ4n) is 7.81. The first-order valence-corrected chi connectivity index (χ1v) is 19.9. The number of H-pyrrole nitrogens is 2. The van der Waals surface area contributed by atoms with Gasteiger partial charge in [-0.3, -0.25) is 9.59 Å². The van der Waals surface area contributed by atoms with Crippen molar-refractivity contribution in [2.75, 3.05) is 6.54 Å². The van der Waals surface area contributed by atoms with E-state index in [2.05, 4.69) is 30.9 Å². The number of likely N-dealkylation sites (tertiary alicyclic amines) is 1. The van der Waals surface area contributed by atoms with Gasteiger partial charge in [-0.1, -0.05) is 41.6 Å². The second kappa shape index (κ2) is 17.6. The molecule has 0 aliphatic carbocycles. The normalized spacial score (nSPS) is 16.6. The van der Waals surface area contributed by atoms with Gasteiger partial charge in [-0.15, -0.1) is 10.2 Å². The van der Waals surface area contributed by atoms with E-state index < -0.39 is 77.2 Å². The highest BCUT2D eigenvalue weighted by Crippen LogP contribution is 2.37. The van der Waals surface area contributed by atoms with Gasteiger partial charge in [0.05, 0.1) is 28.4 Å². The first-order chi connectivity index (χ1) is 29.3. The van der Waals surface area contributed by atoms with Crippen LogP contribution < -0.4 is 5.32 Å². The Morgan fingerprint density at radius 2 is 1.61 bits per heavy atom. The lowest BCUT2D eigenvalue weighted by Gasteiger charge is -2.26. The molecule has 0 spiro atoms. The molecule has 3 N–H and O–H groups in total. The summed E-state index contributed by atoms with van der Waals surface area (Å²) in [4.78, 5) is 47.5. The van der Waals surface area contributed by atoms with Crippen molar-refractivity contribution in [3.63, 3.8) is 0 Å². The van der Waals surface area contributed by atoms with Crippen LogP contribution in [0.4, 0.5) is 26.3 Å². The number of alkyl halides is 6. The number of fused-ring (bicyclic) bond motifs is 2. The minimum absolute atomic E-state index is 0.0193. The molecule has 0 radical (unpaired) electrons. The van der Waals surface area contributed by atoms with Crippen LogP contribution in [0.5, 0.6) is 0 Å². The van der Waals surface area contributed by atoms with E-state index in [9.17, 15) is 40.7 Å². The Morgan fingerprint density at radius 3 is 2.29 bits per heavy atom. The quantitative estimate of drug-likeness (QED) is 0.0575. The number of halogens is 6. The summed E-state index contributed by atoms with van der Waals surface area (Å²) in [6, 6.07) is 12.8. The molecule has 0 bridgehead atoms. The van der Waals surface area contributed by atoms with Gasteiger partial charge in [0, 0.05) is 66.6 Å². The molecule has 1 aliphatic rings. The Bertz CT molecular complexity index is 2510. The molecule has 4 heterocycles. The Morgan fingerprint density at radius 1 is 0.919 bits per heavy atom. The Labute approximate surface area is 351 Å². The molecule has 13 nitrogen and oxygen atoms in total. The summed E-state index contributed by atoms with van der Waals surface area (Å²) in [6.45, 7) is 5.17. The predicted molar refractivity (Wildman–Crippen MR) is 213 cm³/mol. The summed E-state index contributed by atoms with van der Waals surface area (Å²) in [6.07, 6.45) is -5.45. The third-order valence-electron chi connectivity index (χ3n) is 10.5. The van der Waals surface area contributed by atoms with E-state index in [4.69, 9.17) is 9.47 Å². The lowest BCUT2D eigenvalue weighted by atomic mass is 10.0. The van der Waals surface area contributed by atoms with Crippen LogP contribution >= 0.6 is 0 Å². The van der Waals surface area contributed by atoms with Crippen LogP contribution in [0.1, 0.15) is 78.5 Å². The number of para-hydroxylation sites is 2. The third kappa shape index (κ3) is 10.3. The molecular weight excluding hydrogens is 823 g/mol. The molecule has 3 aromatic carbocycles. The summed E-state index contributed by atoms with van der Waals surface area (Å²) >= 11 is 0. The van der Waals surface area contributed by atoms with E-state index in [0.717, 1.165) is 18.4 Å². The van der Waals surface area contributed by atoms with Crippen LogP contribution in [0, 0.1) is 0 Å². The number of unbranched alkanes of at least 4 members (excludes halogenated alkanes) is 1. The molecular formula is C43H44F6N8O5. The van der Waals surface area contributed by atoms with Gasteiger partial charge in [-0.2, -0.15) is 31.6 Å². The number of carbonyl (C=O) groups excluding carboxylic acids is 3. The van der Waals surface area contributed by atoms with Gasteiger partial charge >= 0.3 is 18.3 Å². The Hall–Kier alpha value is -6.24. The highest BCUT2D eigenvalue weighted by atomic mass is 19.4. The van der Waals surface area contributed by atoms with Crippen molar-refractivity contribution >= 4 is 39.6 Å². The van der Waals surface area contributed by atoms with Gasteiger partial charge in [-0.25, -0.2) is 4.79 Å². The van der Waals surface area contributed by atoms with E-state index in [1.165, 1.54) is 4.90 Å². The monoisotopic (exact) mass is 866 g/mol. The average Bonchev–Trinajstić information content (AvgIpc) is 4.04. The van der Waals surface area contributed by atoms with Gasteiger partial charge in [0.2, 0.25) is 5.91 Å². The van der Waals surface area contributed by atoms with Gasteiger partial charge < -0.3 is 29.2 Å². The van der Waals surface area contributed by atoms with E-state index in [-0.39, 0.29) is 25.5 Å². The number of amides is 2. The molecule has 1 saturated heterocycles. The highest BCUT2D eigenvalue weighted by molar-refractivity contribution is 6.08. The zero-order valence-electron chi connectivity index (χ0n) is 33.9. The number of aromatic amines is 2. The number of nitrogens with zero attached hydrogens (tertiary/aromatic N) is 5. The summed E-state index contributed by atoms with van der Waals surface area (Å²) in [5.74, 6) is -1.71. The highest BCUT2D eigenvalue weighted by Gasteiger charge is 2.44. The number of ether oxygens (including phenoxy) is 2. The lowest BCUT2D eigenvalue weighted by Crippen LogP contribution is -2.51. The first kappa shape index (κ1) is 43.8. The maximum Gasteiger partial charge on any atom is 0.416 e. The number of benzene rings is 3. The smallest absolute Gasteiger partial charge is 0.416 e. The molecule has 0 saturated carbocycles. The van der Waals surface area contributed by atoms with Crippen molar-refractivity contribution in [3.05, 3.63) is 113 Å². The van der Waals surface area contributed by atoms with E-state index in [1.54, 1.807) is 36.7 Å². The van der Waals surface area contributed by atoms with E-state index >= 15 is 0 Å². The van der Waals surface area contributed by atoms with Crippen molar-refractivity contribution in [2.24, 2.45) is 0 Å². The fraction of sp³-hybridized carbons (Fsp3) is 0.395. The van der Waals surface area contributed by atoms with Crippen molar-refractivity contribution < 1.29 is 50.2 Å². The molecule has 3 aromatic heterocycles. The van der Waals surface area contributed by atoms with Gasteiger partial charge in [-0.05, 0) is 75.1 Å². The van der Waals surface area contributed by atoms with Crippen LogP contribution in [-0.4, -0.2) is 83.2 Å². The van der Waals surface area contributed by atoms with Crippen molar-refractivity contribution in [3.8, 4) is 0 Å². The van der Waals surface area contributed by atoms with Crippen LogP contribution in [0.2, 0.25) is 0 Å². The lowest BCUT2D eigenvalue weighted by molar-refractivity contribution is -0.149. The molecule has 0 unspecified atom stereocenters. The minimum Gasteiger partial charge on any atom is -0.459 e. The largest absolute Gasteiger partial charge is 0.459 e. The molecule has 7 rings (SSSR count). The van der Waals surface area contributed by atoms with Crippen LogP contribution in [-0.2, 0) is 57.4 Å². The summed E-state index contributed by atoms with van der Waals surface area (Å²) in [5, 5.41) is 18.1. The predicted octanol–water partition coefficient (Wildman–Crippen LogP) is 7.57. The van der Waals surface area contributed by atoms with Gasteiger partial charge in [0.1, 0.15) is 18.7 Å². The summed E-state index contributed by atoms with van der Waals surface area (Å²) in [5.41, 5.74) is -1.90. The number of aryl methyl sites for hydroxylation is 2. The molecule has 1 fully saturated rings. The number of esters is 1.